The molecule has 0 N–H and O–H groups in total. The Labute approximate surface area is 141 Å². The molecule has 0 saturated heterocycles. The van der Waals surface area contributed by atoms with Crippen molar-refractivity contribution in [2.75, 3.05) is 0 Å². The van der Waals surface area contributed by atoms with E-state index in [-0.39, 0.29) is 12.4 Å². The van der Waals surface area contributed by atoms with Gasteiger partial charge in [0.15, 0.2) is 0 Å². The van der Waals surface area contributed by atoms with Gasteiger partial charge < -0.3 is 9.15 Å². The van der Waals surface area contributed by atoms with Crippen LogP contribution in [0.2, 0.25) is 0 Å². The van der Waals surface area contributed by atoms with Gasteiger partial charge in [0.1, 0.15) is 11.5 Å². The van der Waals surface area contributed by atoms with Crippen molar-refractivity contribution < 1.29 is 13.9 Å². The highest BCUT2D eigenvalue weighted by Gasteiger charge is 2.16. The lowest BCUT2D eigenvalue weighted by Gasteiger charge is -2.07. The number of aryl methyl sites for hydroxylation is 3. The molecule has 0 spiro atoms. The first-order valence-electron chi connectivity index (χ1n) is 7.82. The third-order valence-corrected chi connectivity index (χ3v) is 3.78. The summed E-state index contributed by atoms with van der Waals surface area (Å²) in [6.45, 7) is 5.73. The van der Waals surface area contributed by atoms with Gasteiger partial charge in [-0.25, -0.2) is 4.98 Å². The van der Waals surface area contributed by atoms with Gasteiger partial charge in [-0.2, -0.15) is 0 Å². The van der Waals surface area contributed by atoms with Gasteiger partial charge >= 0.3 is 5.97 Å². The molecule has 0 bridgehead atoms. The van der Waals surface area contributed by atoms with E-state index in [0.717, 1.165) is 16.7 Å². The summed E-state index contributed by atoms with van der Waals surface area (Å²) in [4.78, 5) is 16.6. The Morgan fingerprint density at radius 3 is 2.54 bits per heavy atom. The number of aromatic nitrogens is 1. The number of esters is 1. The van der Waals surface area contributed by atoms with Crippen molar-refractivity contribution in [1.82, 2.24) is 4.98 Å². The molecule has 0 atom stereocenters. The van der Waals surface area contributed by atoms with Crippen LogP contribution in [0.1, 0.15) is 22.6 Å². The smallest absolute Gasteiger partial charge is 0.317 e. The first kappa shape index (κ1) is 16.0. The molecule has 1 aromatic heterocycles. The fourth-order valence-electron chi connectivity index (χ4n) is 2.51. The monoisotopic (exact) mass is 321 g/mol. The number of nitrogens with zero attached hydrogens (tertiary/aromatic N) is 1. The lowest BCUT2D eigenvalue weighted by atomic mass is 10.1. The average molecular weight is 321 g/mol. The van der Waals surface area contributed by atoms with E-state index in [4.69, 9.17) is 9.15 Å². The van der Waals surface area contributed by atoms with Crippen LogP contribution in [-0.4, -0.2) is 11.0 Å². The third-order valence-electron chi connectivity index (χ3n) is 3.78. The molecule has 0 aliphatic carbocycles. The van der Waals surface area contributed by atoms with Crippen molar-refractivity contribution in [2.45, 2.75) is 27.2 Å². The molecule has 3 aromatic rings. The zero-order valence-corrected chi connectivity index (χ0v) is 14.0. The molecule has 0 aliphatic heterocycles. The van der Waals surface area contributed by atoms with Crippen LogP contribution in [0.5, 0.6) is 5.75 Å². The maximum atomic E-state index is 12.2. The predicted octanol–water partition coefficient (Wildman–Crippen LogP) is 4.41. The van der Waals surface area contributed by atoms with E-state index < -0.39 is 0 Å². The van der Waals surface area contributed by atoms with Crippen LogP contribution in [0.25, 0.3) is 11.5 Å². The van der Waals surface area contributed by atoms with Crippen molar-refractivity contribution in [1.29, 1.82) is 0 Å². The molecule has 2 aromatic carbocycles. The van der Waals surface area contributed by atoms with Crippen LogP contribution in [0, 0.1) is 20.8 Å². The summed E-state index contributed by atoms with van der Waals surface area (Å²) in [5.74, 6) is 1.38. The second kappa shape index (κ2) is 6.71. The molecule has 0 radical (unpaired) electrons. The van der Waals surface area contributed by atoms with Gasteiger partial charge in [0.25, 0.3) is 0 Å². The summed E-state index contributed by atoms with van der Waals surface area (Å²) in [5.41, 5.74) is 3.55. The van der Waals surface area contributed by atoms with Gasteiger partial charge in [-0.15, -0.1) is 0 Å². The number of hydrogen-bond acceptors (Lipinski definition) is 4. The summed E-state index contributed by atoms with van der Waals surface area (Å²) in [5, 5.41) is 0. The summed E-state index contributed by atoms with van der Waals surface area (Å²) in [6.07, 6.45) is 0.0789. The van der Waals surface area contributed by atoms with E-state index in [0.29, 0.717) is 23.1 Å². The van der Waals surface area contributed by atoms with Crippen molar-refractivity contribution in [3.63, 3.8) is 0 Å². The number of benzene rings is 2. The summed E-state index contributed by atoms with van der Waals surface area (Å²) in [6, 6.07) is 15.3. The fourth-order valence-corrected chi connectivity index (χ4v) is 2.51. The number of hydrogen-bond donors (Lipinski definition) is 0. The zero-order valence-electron chi connectivity index (χ0n) is 14.0. The second-order valence-corrected chi connectivity index (χ2v) is 5.81. The number of carbonyl (C=O) groups is 1. The molecule has 0 unspecified atom stereocenters. The molecule has 4 heteroatoms. The first-order chi connectivity index (χ1) is 11.5. The molecule has 3 rings (SSSR count). The lowest BCUT2D eigenvalue weighted by Crippen LogP contribution is -2.12. The van der Waals surface area contributed by atoms with E-state index in [1.165, 1.54) is 0 Å². The van der Waals surface area contributed by atoms with Gasteiger partial charge in [-0.1, -0.05) is 35.9 Å². The zero-order chi connectivity index (χ0) is 17.1. The minimum atomic E-state index is -0.349. The number of carbonyl (C=O) groups excluding carboxylic acids is 1. The number of oxazole rings is 1. The van der Waals surface area contributed by atoms with Gasteiger partial charge in [0.2, 0.25) is 5.89 Å². The second-order valence-electron chi connectivity index (χ2n) is 5.81. The largest absolute Gasteiger partial charge is 0.441 e. The molecule has 0 amide bonds. The minimum Gasteiger partial charge on any atom is -0.441 e. The Bertz CT molecular complexity index is 866. The fraction of sp³-hybridized carbons (Fsp3) is 0.200. The summed E-state index contributed by atoms with van der Waals surface area (Å²) in [7, 11) is 0. The molecular weight excluding hydrogens is 302 g/mol. The van der Waals surface area contributed by atoms with Crippen LogP contribution in [-0.2, 0) is 11.2 Å². The standard InChI is InChI=1S/C20H19NO3/c1-13-9-10-18(14(2)11-13)24-19(22)12-17-15(3)23-20(21-17)16-7-5-4-6-8-16/h4-11H,12H2,1-3H3. The average Bonchev–Trinajstić information content (AvgIpc) is 2.92. The van der Waals surface area contributed by atoms with Crippen molar-refractivity contribution >= 4 is 5.97 Å². The van der Waals surface area contributed by atoms with Crippen LogP contribution in [0.3, 0.4) is 0 Å². The highest BCUT2D eigenvalue weighted by atomic mass is 16.5. The van der Waals surface area contributed by atoms with E-state index in [1.807, 2.05) is 62.4 Å². The van der Waals surface area contributed by atoms with E-state index in [2.05, 4.69) is 4.98 Å². The number of ether oxygens (including phenoxy) is 1. The molecule has 24 heavy (non-hydrogen) atoms. The molecule has 0 aliphatic rings. The molecule has 1 heterocycles. The highest BCUT2D eigenvalue weighted by molar-refractivity contribution is 5.75. The van der Waals surface area contributed by atoms with E-state index in [1.54, 1.807) is 6.92 Å². The van der Waals surface area contributed by atoms with Crippen LogP contribution in [0.15, 0.2) is 52.9 Å². The Kier molecular flexibility index (Phi) is 4.47. The van der Waals surface area contributed by atoms with Gasteiger partial charge in [-0.3, -0.25) is 4.79 Å². The normalized spacial score (nSPS) is 10.6. The van der Waals surface area contributed by atoms with Gasteiger partial charge in [0.05, 0.1) is 12.1 Å². The predicted molar refractivity (Wildman–Crippen MR) is 91.9 cm³/mol. The Balaban J connectivity index is 1.74. The first-order valence-corrected chi connectivity index (χ1v) is 7.82. The summed E-state index contributed by atoms with van der Waals surface area (Å²) < 4.78 is 11.1. The molecular formula is C20H19NO3. The maximum Gasteiger partial charge on any atom is 0.317 e. The van der Waals surface area contributed by atoms with Crippen LogP contribution >= 0.6 is 0 Å². The maximum absolute atomic E-state index is 12.2. The van der Waals surface area contributed by atoms with Crippen molar-refractivity contribution in [3.8, 4) is 17.2 Å². The van der Waals surface area contributed by atoms with Crippen molar-refractivity contribution in [2.24, 2.45) is 0 Å². The third kappa shape index (κ3) is 3.54. The quantitative estimate of drug-likeness (QED) is 0.527. The van der Waals surface area contributed by atoms with E-state index >= 15 is 0 Å². The Morgan fingerprint density at radius 2 is 1.83 bits per heavy atom. The number of rotatable bonds is 4. The SMILES string of the molecule is Cc1ccc(OC(=O)Cc2nc(-c3ccccc3)oc2C)c(C)c1. The molecule has 0 fully saturated rings. The lowest BCUT2D eigenvalue weighted by molar-refractivity contribution is -0.133. The van der Waals surface area contributed by atoms with Crippen molar-refractivity contribution in [3.05, 3.63) is 71.1 Å². The van der Waals surface area contributed by atoms with Crippen LogP contribution in [0.4, 0.5) is 0 Å². The topological polar surface area (TPSA) is 52.3 Å². The summed E-state index contributed by atoms with van der Waals surface area (Å²) >= 11 is 0. The molecule has 0 saturated carbocycles. The molecule has 4 nitrogen and oxygen atoms in total. The van der Waals surface area contributed by atoms with Gasteiger partial charge in [0, 0.05) is 5.56 Å². The minimum absolute atomic E-state index is 0.0789. The highest BCUT2D eigenvalue weighted by Crippen LogP contribution is 2.23. The Hall–Kier alpha value is -2.88. The van der Waals surface area contributed by atoms with E-state index in [9.17, 15) is 4.79 Å². The van der Waals surface area contributed by atoms with Gasteiger partial charge in [-0.05, 0) is 44.5 Å². The molecule has 122 valence electrons. The Morgan fingerprint density at radius 1 is 1.08 bits per heavy atom. The van der Waals surface area contributed by atoms with Crippen LogP contribution < -0.4 is 4.74 Å².